The third kappa shape index (κ3) is 5.93. The van der Waals surface area contributed by atoms with Crippen molar-refractivity contribution in [1.82, 2.24) is 10.3 Å². The largest absolute Gasteiger partial charge is 0.478 e. The molecule has 0 aliphatic rings. The van der Waals surface area contributed by atoms with Crippen LogP contribution in [0.15, 0.2) is 10.5 Å². The van der Waals surface area contributed by atoms with Crippen LogP contribution in [-0.4, -0.2) is 63.3 Å². The van der Waals surface area contributed by atoms with E-state index in [9.17, 15) is 23.1 Å². The molecule has 1 aromatic heterocycles. The van der Waals surface area contributed by atoms with Crippen molar-refractivity contribution in [3.63, 3.8) is 0 Å². The van der Waals surface area contributed by atoms with Crippen molar-refractivity contribution in [1.29, 1.82) is 0 Å². The molecule has 14 heteroatoms. The second-order valence-electron chi connectivity index (χ2n) is 5.10. The number of nitrogens with zero attached hydrogens (tertiary/aromatic N) is 2. The number of carbonyl (C=O) groups is 2. The quantitative estimate of drug-likeness (QED) is 0.198. The number of amides is 1. The molecule has 140 valence electrons. The summed E-state index contributed by atoms with van der Waals surface area (Å²) in [7, 11) is -4.77. The number of carbonyl (C=O) groups excluding carboxylic acids is 1. The predicted octanol–water partition coefficient (Wildman–Crippen LogP) is -1.37. The number of hydrogen-bond donors (Lipinski definition) is 5. The Morgan fingerprint density at radius 1 is 1.52 bits per heavy atom. The van der Waals surface area contributed by atoms with Gasteiger partial charge < -0.3 is 26.1 Å². The number of aliphatic hydroxyl groups is 1. The fraction of sp³-hybridized carbons (Fsp3) is 0.455. The van der Waals surface area contributed by atoms with Crippen molar-refractivity contribution in [3.8, 4) is 0 Å². The molecule has 0 bridgehead atoms. The Balaban J connectivity index is 3.03. The lowest BCUT2D eigenvalue weighted by Gasteiger charge is -2.17. The zero-order chi connectivity index (χ0) is 19.4. The zero-order valence-electron chi connectivity index (χ0n) is 13.0. The van der Waals surface area contributed by atoms with Crippen molar-refractivity contribution >= 4 is 44.2 Å². The van der Waals surface area contributed by atoms with Crippen molar-refractivity contribution < 1.29 is 37.6 Å². The van der Waals surface area contributed by atoms with E-state index in [4.69, 9.17) is 20.2 Å². The molecule has 1 atom stereocenters. The molecule has 0 aliphatic heterocycles. The number of nitrogen functional groups attached to an aromatic ring is 1. The predicted molar refractivity (Wildman–Crippen MR) is 86.4 cm³/mol. The Bertz CT molecular complexity index is 786. The van der Waals surface area contributed by atoms with Gasteiger partial charge in [0.15, 0.2) is 16.3 Å². The van der Waals surface area contributed by atoms with Crippen molar-refractivity contribution in [2.45, 2.75) is 24.9 Å². The number of oxime groups is 1. The third-order valence-corrected chi connectivity index (χ3v) is 4.17. The number of rotatable bonds is 8. The summed E-state index contributed by atoms with van der Waals surface area (Å²) in [5.74, 6) is -2.38. The van der Waals surface area contributed by atoms with Gasteiger partial charge in [0.25, 0.3) is 16.0 Å². The molecule has 0 aliphatic carbocycles. The minimum absolute atomic E-state index is 0.0532. The summed E-state index contributed by atoms with van der Waals surface area (Å²) in [5.41, 5.74) is 0.893. The monoisotopic (exact) mass is 396 g/mol. The highest BCUT2D eigenvalue weighted by molar-refractivity contribution is 7.86. The van der Waals surface area contributed by atoms with E-state index in [1.54, 1.807) is 0 Å². The normalized spacial score (nSPS) is 14.0. The summed E-state index contributed by atoms with van der Waals surface area (Å²) in [4.78, 5) is 31.8. The topological polar surface area (TPSA) is 201 Å². The molecule has 0 radical (unpaired) electrons. The van der Waals surface area contributed by atoms with Gasteiger partial charge in [0.05, 0.1) is 6.54 Å². The minimum atomic E-state index is -4.77. The SMILES string of the molecule is CC(C)(O/N=C(\C(=O)NCC(O)S(=O)(=O)O)c1csc(N)n1)C(=O)O. The highest BCUT2D eigenvalue weighted by Gasteiger charge is 2.31. The van der Waals surface area contributed by atoms with Gasteiger partial charge in [0, 0.05) is 5.38 Å². The molecule has 1 aromatic rings. The first-order valence-corrected chi connectivity index (χ1v) is 8.86. The number of aliphatic carboxylic acids is 1. The van der Waals surface area contributed by atoms with Gasteiger partial charge in [-0.25, -0.2) is 9.78 Å². The van der Waals surface area contributed by atoms with E-state index in [0.29, 0.717) is 0 Å². The Kier molecular flexibility index (Phi) is 6.42. The number of carboxylic acids is 1. The van der Waals surface area contributed by atoms with Gasteiger partial charge in [-0.05, 0) is 13.8 Å². The molecule has 12 nitrogen and oxygen atoms in total. The molecule has 1 unspecified atom stereocenters. The summed E-state index contributed by atoms with van der Waals surface area (Å²) in [5, 5.41) is 25.1. The fourth-order valence-corrected chi connectivity index (χ4v) is 2.01. The number of hydrogen-bond acceptors (Lipinski definition) is 10. The first kappa shape index (κ1) is 20.8. The van der Waals surface area contributed by atoms with Crippen LogP contribution in [0, 0.1) is 0 Å². The summed E-state index contributed by atoms with van der Waals surface area (Å²) >= 11 is 0.967. The average Bonchev–Trinajstić information content (AvgIpc) is 2.89. The highest BCUT2D eigenvalue weighted by Crippen LogP contribution is 2.15. The zero-order valence-corrected chi connectivity index (χ0v) is 14.7. The number of thiazole rings is 1. The van der Waals surface area contributed by atoms with Crippen LogP contribution < -0.4 is 11.1 Å². The van der Waals surface area contributed by atoms with Crippen molar-refractivity contribution in [3.05, 3.63) is 11.1 Å². The Labute approximate surface area is 146 Å². The van der Waals surface area contributed by atoms with E-state index in [1.807, 2.05) is 5.32 Å². The second-order valence-corrected chi connectivity index (χ2v) is 7.56. The first-order chi connectivity index (χ1) is 11.3. The summed E-state index contributed by atoms with van der Waals surface area (Å²) in [6.07, 6.45) is 0. The van der Waals surface area contributed by atoms with E-state index in [1.165, 1.54) is 19.2 Å². The Morgan fingerprint density at radius 2 is 2.12 bits per heavy atom. The average molecular weight is 396 g/mol. The maximum absolute atomic E-state index is 12.1. The molecule has 1 amide bonds. The minimum Gasteiger partial charge on any atom is -0.478 e. The van der Waals surface area contributed by atoms with Crippen LogP contribution in [0.25, 0.3) is 0 Å². The second kappa shape index (κ2) is 7.73. The number of nitrogens with one attached hydrogen (secondary N) is 1. The molecule has 0 spiro atoms. The number of aliphatic hydroxyl groups excluding tert-OH is 1. The summed E-state index contributed by atoms with van der Waals surface area (Å²) in [6, 6.07) is 0. The lowest BCUT2D eigenvalue weighted by atomic mass is 10.1. The maximum Gasteiger partial charge on any atom is 0.350 e. The van der Waals surface area contributed by atoms with Gasteiger partial charge in [-0.1, -0.05) is 5.16 Å². The Morgan fingerprint density at radius 3 is 2.56 bits per heavy atom. The lowest BCUT2D eigenvalue weighted by molar-refractivity contribution is -0.161. The van der Waals surface area contributed by atoms with Gasteiger partial charge >= 0.3 is 5.97 Å². The van der Waals surface area contributed by atoms with Crippen LogP contribution in [0.4, 0.5) is 5.13 Å². The van der Waals surface area contributed by atoms with Crippen LogP contribution in [0.2, 0.25) is 0 Å². The van der Waals surface area contributed by atoms with E-state index in [0.717, 1.165) is 11.3 Å². The first-order valence-electron chi connectivity index (χ1n) is 6.48. The van der Waals surface area contributed by atoms with Gasteiger partial charge in [-0.3, -0.25) is 9.35 Å². The number of aromatic nitrogens is 1. The lowest BCUT2D eigenvalue weighted by Crippen LogP contribution is -2.41. The molecular formula is C11H16N4O8S2. The molecule has 0 aromatic carbocycles. The van der Waals surface area contributed by atoms with E-state index >= 15 is 0 Å². The number of nitrogens with two attached hydrogens (primary N) is 1. The molecular weight excluding hydrogens is 380 g/mol. The van der Waals surface area contributed by atoms with Crippen molar-refractivity contribution in [2.75, 3.05) is 12.3 Å². The molecule has 0 saturated heterocycles. The van der Waals surface area contributed by atoms with Crippen molar-refractivity contribution in [2.24, 2.45) is 5.16 Å². The van der Waals surface area contributed by atoms with Gasteiger partial charge in [0.1, 0.15) is 5.69 Å². The van der Waals surface area contributed by atoms with E-state index in [-0.39, 0.29) is 10.8 Å². The molecule has 6 N–H and O–H groups in total. The molecule has 25 heavy (non-hydrogen) atoms. The number of anilines is 1. The van der Waals surface area contributed by atoms with Crippen LogP contribution in [0.5, 0.6) is 0 Å². The van der Waals surface area contributed by atoms with E-state index in [2.05, 4.69) is 10.1 Å². The smallest absolute Gasteiger partial charge is 0.350 e. The van der Waals surface area contributed by atoms with Crippen LogP contribution in [0.1, 0.15) is 19.5 Å². The van der Waals surface area contributed by atoms with Crippen LogP contribution >= 0.6 is 11.3 Å². The summed E-state index contributed by atoms with van der Waals surface area (Å²) in [6.45, 7) is 1.52. The third-order valence-electron chi connectivity index (χ3n) is 2.64. The fourth-order valence-electron chi connectivity index (χ4n) is 1.17. The summed E-state index contributed by atoms with van der Waals surface area (Å²) < 4.78 is 30.1. The van der Waals surface area contributed by atoms with E-state index < -0.39 is 45.3 Å². The molecule has 0 saturated carbocycles. The molecule has 1 rings (SSSR count). The van der Waals surface area contributed by atoms with Crippen LogP contribution in [0.3, 0.4) is 0 Å². The van der Waals surface area contributed by atoms with Gasteiger partial charge in [-0.2, -0.15) is 8.42 Å². The maximum atomic E-state index is 12.1. The van der Waals surface area contributed by atoms with Gasteiger partial charge in [-0.15, -0.1) is 11.3 Å². The number of carboxylic acid groups (broad SMARTS) is 1. The Hall–Kier alpha value is -2.29. The molecule has 0 fully saturated rings. The van der Waals surface area contributed by atoms with Crippen LogP contribution in [-0.2, 0) is 24.5 Å². The van der Waals surface area contributed by atoms with Gasteiger partial charge in [0.2, 0.25) is 5.60 Å². The highest BCUT2D eigenvalue weighted by atomic mass is 32.2. The molecule has 1 heterocycles. The standard InChI is InChI=1S/C11H16N4O8S2/c1-11(2,9(18)19)23-15-7(5-4-24-10(12)14-5)8(17)13-3-6(16)25(20,21)22/h4,6,16H,3H2,1-2H3,(H2,12,14)(H,13,17)(H,18,19)(H,20,21,22)/b15-7-.